The average molecular weight is 754 g/mol. The van der Waals surface area contributed by atoms with Gasteiger partial charge in [0.25, 0.3) is 0 Å². The summed E-state index contributed by atoms with van der Waals surface area (Å²) in [5.74, 6) is 0. The minimum atomic E-state index is 0.833. The van der Waals surface area contributed by atoms with Crippen LogP contribution in [0.25, 0.3) is 98.8 Å². The standard InChI is InChI=1S/C56H35NO2/c1-3-13-36(14-4-1)37-25-27-40(28-26-37)45-33-34-50(54-48-20-9-10-24-51(48)58-56(45)54)57(49-23-11-18-41-30-29-39-17-7-8-19-43(39)53(41)49)42-31-32-46-47-22-12-21-44(38-15-5-2-6-16-38)55(47)59-52(46)35-42/h1-35H. The fourth-order valence-electron chi connectivity index (χ4n) is 9.10. The van der Waals surface area contributed by atoms with E-state index in [2.05, 4.69) is 205 Å². The van der Waals surface area contributed by atoms with Gasteiger partial charge in [0.2, 0.25) is 0 Å². The minimum Gasteiger partial charge on any atom is -0.455 e. The van der Waals surface area contributed by atoms with Crippen LogP contribution < -0.4 is 4.90 Å². The van der Waals surface area contributed by atoms with Crippen molar-refractivity contribution in [3.63, 3.8) is 0 Å². The first-order chi connectivity index (χ1) is 29.3. The zero-order valence-corrected chi connectivity index (χ0v) is 32.0. The van der Waals surface area contributed by atoms with Crippen molar-refractivity contribution in [2.24, 2.45) is 0 Å². The smallest absolute Gasteiger partial charge is 0.145 e. The lowest BCUT2D eigenvalue weighted by Gasteiger charge is -2.28. The molecule has 59 heavy (non-hydrogen) atoms. The summed E-state index contributed by atoms with van der Waals surface area (Å²) in [5, 5.41) is 9.05. The Morgan fingerprint density at radius 2 is 0.898 bits per heavy atom. The first kappa shape index (κ1) is 33.3. The van der Waals surface area contributed by atoms with Gasteiger partial charge in [-0.15, -0.1) is 0 Å². The molecule has 0 spiro atoms. The highest BCUT2D eigenvalue weighted by atomic mass is 16.3. The maximum atomic E-state index is 6.89. The summed E-state index contributed by atoms with van der Waals surface area (Å²) in [7, 11) is 0. The van der Waals surface area contributed by atoms with E-state index in [1.807, 2.05) is 12.1 Å². The predicted molar refractivity (Wildman–Crippen MR) is 247 cm³/mol. The first-order valence-electron chi connectivity index (χ1n) is 20.1. The van der Waals surface area contributed by atoms with Crippen LogP contribution in [0.5, 0.6) is 0 Å². The molecule has 0 aliphatic heterocycles. The molecule has 12 rings (SSSR count). The van der Waals surface area contributed by atoms with Crippen LogP contribution in [0, 0.1) is 0 Å². The molecule has 0 unspecified atom stereocenters. The van der Waals surface area contributed by atoms with Crippen molar-refractivity contribution in [3.8, 4) is 33.4 Å². The Balaban J connectivity index is 1.13. The van der Waals surface area contributed by atoms with E-state index in [0.717, 1.165) is 83.2 Å². The van der Waals surface area contributed by atoms with Gasteiger partial charge in [-0.05, 0) is 74.8 Å². The van der Waals surface area contributed by atoms with Gasteiger partial charge in [-0.3, -0.25) is 0 Å². The SMILES string of the molecule is c1ccc(-c2ccc(-c3ccc(N(c4ccc5c(c4)oc4c(-c6ccccc6)cccc45)c4cccc5ccc6ccccc6c45)c4c3oc3ccccc34)cc2)cc1. The van der Waals surface area contributed by atoms with Crippen molar-refractivity contribution in [2.45, 2.75) is 0 Å². The number of hydrogen-bond acceptors (Lipinski definition) is 3. The molecule has 0 N–H and O–H groups in total. The Morgan fingerprint density at radius 1 is 0.305 bits per heavy atom. The summed E-state index contributed by atoms with van der Waals surface area (Å²) >= 11 is 0. The fourth-order valence-corrected chi connectivity index (χ4v) is 9.10. The van der Waals surface area contributed by atoms with Gasteiger partial charge in [-0.2, -0.15) is 0 Å². The van der Waals surface area contributed by atoms with Crippen molar-refractivity contribution in [2.75, 3.05) is 4.90 Å². The maximum Gasteiger partial charge on any atom is 0.145 e. The van der Waals surface area contributed by atoms with E-state index in [1.54, 1.807) is 0 Å². The molecular formula is C56H35NO2. The van der Waals surface area contributed by atoms with E-state index in [0.29, 0.717) is 0 Å². The first-order valence-corrected chi connectivity index (χ1v) is 20.1. The van der Waals surface area contributed by atoms with Crippen LogP contribution in [0.3, 0.4) is 0 Å². The molecule has 0 saturated heterocycles. The van der Waals surface area contributed by atoms with E-state index in [1.165, 1.54) is 32.7 Å². The third-order valence-corrected chi connectivity index (χ3v) is 11.9. The molecule has 2 heterocycles. The predicted octanol–water partition coefficient (Wildman–Crippen LogP) is 16.3. The summed E-state index contributed by atoms with van der Waals surface area (Å²) in [4.78, 5) is 2.41. The van der Waals surface area contributed by atoms with Gasteiger partial charge in [0.1, 0.15) is 22.3 Å². The van der Waals surface area contributed by atoms with E-state index in [4.69, 9.17) is 8.83 Å². The largest absolute Gasteiger partial charge is 0.455 e. The quantitative estimate of drug-likeness (QED) is 0.158. The molecule has 2 aromatic heterocycles. The lowest BCUT2D eigenvalue weighted by Crippen LogP contribution is -2.11. The third kappa shape index (κ3) is 5.36. The van der Waals surface area contributed by atoms with Gasteiger partial charge in [0.15, 0.2) is 0 Å². The van der Waals surface area contributed by atoms with Crippen molar-refractivity contribution in [1.29, 1.82) is 0 Å². The van der Waals surface area contributed by atoms with Gasteiger partial charge in [-0.1, -0.05) is 170 Å². The van der Waals surface area contributed by atoms with E-state index in [-0.39, 0.29) is 0 Å². The van der Waals surface area contributed by atoms with Gasteiger partial charge in [-0.25, -0.2) is 0 Å². The van der Waals surface area contributed by atoms with Crippen LogP contribution in [0.4, 0.5) is 17.1 Å². The Bertz CT molecular complexity index is 3540. The summed E-state index contributed by atoms with van der Waals surface area (Å²) in [6.45, 7) is 0. The van der Waals surface area contributed by atoms with Crippen LogP contribution in [0.2, 0.25) is 0 Å². The molecule has 3 nitrogen and oxygen atoms in total. The average Bonchev–Trinajstić information content (AvgIpc) is 3.89. The lowest BCUT2D eigenvalue weighted by molar-refractivity contribution is 0.670. The van der Waals surface area contributed by atoms with Crippen molar-refractivity contribution < 1.29 is 8.83 Å². The Kier molecular flexibility index (Phi) is 7.54. The molecule has 10 aromatic carbocycles. The fraction of sp³-hybridized carbons (Fsp3) is 0. The topological polar surface area (TPSA) is 29.5 Å². The van der Waals surface area contributed by atoms with E-state index in [9.17, 15) is 0 Å². The second-order valence-corrected chi connectivity index (χ2v) is 15.2. The number of hydrogen-bond donors (Lipinski definition) is 0. The summed E-state index contributed by atoms with van der Waals surface area (Å²) < 4.78 is 13.8. The number of anilines is 3. The zero-order valence-electron chi connectivity index (χ0n) is 32.0. The van der Waals surface area contributed by atoms with Gasteiger partial charge >= 0.3 is 0 Å². The van der Waals surface area contributed by atoms with Crippen LogP contribution in [-0.2, 0) is 0 Å². The Hall–Kier alpha value is -7.88. The van der Waals surface area contributed by atoms with Crippen LogP contribution in [0.15, 0.2) is 221 Å². The monoisotopic (exact) mass is 753 g/mol. The molecule has 0 atom stereocenters. The van der Waals surface area contributed by atoms with Crippen molar-refractivity contribution in [1.82, 2.24) is 0 Å². The number of furan rings is 2. The number of rotatable bonds is 6. The second-order valence-electron chi connectivity index (χ2n) is 15.2. The second kappa shape index (κ2) is 13.4. The molecular weight excluding hydrogens is 719 g/mol. The molecule has 0 bridgehead atoms. The highest BCUT2D eigenvalue weighted by Crippen LogP contribution is 2.49. The zero-order chi connectivity index (χ0) is 38.9. The molecule has 3 heteroatoms. The van der Waals surface area contributed by atoms with Gasteiger partial charge in [0, 0.05) is 44.4 Å². The number of para-hydroxylation sites is 2. The van der Waals surface area contributed by atoms with Gasteiger partial charge in [0.05, 0.1) is 16.8 Å². The van der Waals surface area contributed by atoms with Gasteiger partial charge < -0.3 is 13.7 Å². The highest BCUT2D eigenvalue weighted by molar-refractivity contribution is 6.21. The molecule has 12 aromatic rings. The molecule has 0 fully saturated rings. The molecule has 0 amide bonds. The van der Waals surface area contributed by atoms with Crippen LogP contribution in [0.1, 0.15) is 0 Å². The highest BCUT2D eigenvalue weighted by Gasteiger charge is 2.25. The number of nitrogens with zero attached hydrogens (tertiary/aromatic N) is 1. The molecule has 276 valence electrons. The van der Waals surface area contributed by atoms with Crippen molar-refractivity contribution >= 4 is 82.5 Å². The van der Waals surface area contributed by atoms with E-state index < -0.39 is 0 Å². The summed E-state index contributed by atoms with van der Waals surface area (Å²) in [6.07, 6.45) is 0. The molecule has 0 radical (unpaired) electrons. The summed E-state index contributed by atoms with van der Waals surface area (Å²) in [5.41, 5.74) is 13.2. The molecule has 0 aliphatic rings. The lowest BCUT2D eigenvalue weighted by atomic mass is 9.96. The third-order valence-electron chi connectivity index (χ3n) is 11.9. The molecule has 0 saturated carbocycles. The van der Waals surface area contributed by atoms with Crippen LogP contribution in [-0.4, -0.2) is 0 Å². The number of benzene rings is 10. The van der Waals surface area contributed by atoms with Crippen LogP contribution >= 0.6 is 0 Å². The minimum absolute atomic E-state index is 0.833. The summed E-state index contributed by atoms with van der Waals surface area (Å²) in [6, 6.07) is 75.5. The Labute approximate surface area is 340 Å². The van der Waals surface area contributed by atoms with E-state index >= 15 is 0 Å². The number of fused-ring (bicyclic) bond motifs is 9. The Morgan fingerprint density at radius 3 is 1.75 bits per heavy atom. The molecule has 0 aliphatic carbocycles. The maximum absolute atomic E-state index is 6.89. The van der Waals surface area contributed by atoms with Crippen molar-refractivity contribution in [3.05, 3.63) is 212 Å². The normalized spacial score (nSPS) is 11.7.